The highest BCUT2D eigenvalue weighted by atomic mass is 16.5. The third-order valence-corrected chi connectivity index (χ3v) is 1.99. The van der Waals surface area contributed by atoms with E-state index in [1.807, 2.05) is 0 Å². The monoisotopic (exact) mass is 235 g/mol. The summed E-state index contributed by atoms with van der Waals surface area (Å²) in [6.07, 6.45) is 2.89. The standard InChI is InChI=1S/C11H11N2O4/c1-16-10(14)9(11(15)17-2)13-5-3-8(7-12)4-6-13/h3-6,12H,1-2H3/q+1. The Balaban J connectivity index is 3.51. The number of pyridine rings is 1. The van der Waals surface area contributed by atoms with Crippen LogP contribution in [0, 0.1) is 11.1 Å². The molecule has 1 heterocycles. The fourth-order valence-electron chi connectivity index (χ4n) is 1.15. The maximum Gasteiger partial charge on any atom is 0.411 e. The number of nitrogens with zero attached hydrogens (tertiary/aromatic N) is 1. The average Bonchev–Trinajstić information content (AvgIpc) is 2.39. The lowest BCUT2D eigenvalue weighted by atomic mass is 10.3. The lowest BCUT2D eigenvalue weighted by Gasteiger charge is -1.96. The van der Waals surface area contributed by atoms with Gasteiger partial charge in [-0.1, -0.05) is 0 Å². The topological polar surface area (TPSA) is 82.4 Å². The summed E-state index contributed by atoms with van der Waals surface area (Å²) in [5.74, 6) is 0.579. The first kappa shape index (κ1) is 12.6. The molecule has 0 bridgehead atoms. The highest BCUT2D eigenvalue weighted by molar-refractivity contribution is 6.05. The van der Waals surface area contributed by atoms with E-state index in [9.17, 15) is 9.59 Å². The maximum atomic E-state index is 11.4. The van der Waals surface area contributed by atoms with Gasteiger partial charge in [0.15, 0.2) is 12.4 Å². The Morgan fingerprint density at radius 2 is 1.65 bits per heavy atom. The van der Waals surface area contributed by atoms with Gasteiger partial charge in [0.25, 0.3) is 0 Å². The van der Waals surface area contributed by atoms with E-state index >= 15 is 0 Å². The Hall–Kier alpha value is -2.46. The van der Waals surface area contributed by atoms with Gasteiger partial charge in [-0.2, -0.15) is 4.24 Å². The van der Waals surface area contributed by atoms with Gasteiger partial charge in [0.1, 0.15) is 0 Å². The van der Waals surface area contributed by atoms with Crippen LogP contribution in [0.3, 0.4) is 0 Å². The van der Waals surface area contributed by atoms with Crippen LogP contribution in [0.5, 0.6) is 0 Å². The minimum absolute atomic E-state index is 0.258. The number of carbonyl (C=O) groups is 2. The van der Waals surface area contributed by atoms with Gasteiger partial charge in [0, 0.05) is 17.4 Å². The predicted octanol–water partition coefficient (Wildman–Crippen LogP) is -1.38. The van der Waals surface area contributed by atoms with E-state index in [0.717, 1.165) is 0 Å². The molecule has 0 spiro atoms. The summed E-state index contributed by atoms with van der Waals surface area (Å²) < 4.78 is 10.3. The van der Waals surface area contributed by atoms with E-state index in [0.29, 0.717) is 5.22 Å². The van der Waals surface area contributed by atoms with Crippen molar-refractivity contribution in [3.8, 4) is 0 Å². The Labute approximate surface area is 96.9 Å². The molecular weight excluding hydrogens is 224 g/mol. The van der Waals surface area contributed by atoms with Crippen molar-refractivity contribution in [1.29, 1.82) is 5.41 Å². The molecule has 0 saturated carbocycles. The molecule has 1 aromatic heterocycles. The van der Waals surface area contributed by atoms with Crippen LogP contribution < -0.4 is 9.46 Å². The lowest BCUT2D eigenvalue weighted by molar-refractivity contribution is -0.517. The highest BCUT2D eigenvalue weighted by Gasteiger charge is 2.30. The quantitative estimate of drug-likeness (QED) is 0.296. The molecule has 0 atom stereocenters. The molecule has 6 heteroatoms. The zero-order chi connectivity index (χ0) is 12.8. The molecule has 0 aromatic carbocycles. The summed E-state index contributed by atoms with van der Waals surface area (Å²) in [5, 5.41) is 7.44. The summed E-state index contributed by atoms with van der Waals surface area (Å²) in [7, 11) is 2.34. The Bertz CT molecular complexity index is 546. The molecule has 0 radical (unpaired) electrons. The summed E-state index contributed by atoms with van der Waals surface area (Å²) in [6.45, 7) is 0. The highest BCUT2D eigenvalue weighted by Crippen LogP contribution is 1.92. The van der Waals surface area contributed by atoms with Crippen LogP contribution in [0.2, 0.25) is 0 Å². The Morgan fingerprint density at radius 1 is 1.18 bits per heavy atom. The number of aromatic nitrogens is 1. The molecule has 0 amide bonds. The number of hydrogen-bond donors (Lipinski definition) is 1. The first-order valence-corrected chi connectivity index (χ1v) is 4.62. The molecule has 88 valence electrons. The smallest absolute Gasteiger partial charge is 0.411 e. The summed E-state index contributed by atoms with van der Waals surface area (Å²) in [6, 6.07) is 3.05. The second-order valence-electron chi connectivity index (χ2n) is 2.95. The van der Waals surface area contributed by atoms with Gasteiger partial charge in [-0.25, -0.2) is 9.59 Å². The molecule has 1 aromatic rings. The largest absolute Gasteiger partial charge is 0.461 e. The van der Waals surface area contributed by atoms with E-state index in [-0.39, 0.29) is 5.71 Å². The first-order chi connectivity index (χ1) is 8.13. The Morgan fingerprint density at radius 3 is 2.00 bits per heavy atom. The van der Waals surface area contributed by atoms with E-state index < -0.39 is 11.9 Å². The van der Waals surface area contributed by atoms with Crippen molar-refractivity contribution in [2.45, 2.75) is 0 Å². The SMILES string of the molecule is COC(=O)C(C(=O)OC)=[n+]1ccc(=C=N)cc1. The van der Waals surface area contributed by atoms with Gasteiger partial charge in [0.05, 0.1) is 14.2 Å². The summed E-state index contributed by atoms with van der Waals surface area (Å²) in [4.78, 5) is 22.9. The number of ether oxygens (including phenoxy) is 2. The molecule has 0 aliphatic rings. The van der Waals surface area contributed by atoms with Crippen molar-refractivity contribution in [1.82, 2.24) is 0 Å². The second kappa shape index (κ2) is 5.58. The van der Waals surface area contributed by atoms with Crippen LogP contribution in [0.1, 0.15) is 0 Å². The van der Waals surface area contributed by atoms with E-state index in [1.165, 1.54) is 43.0 Å². The van der Waals surface area contributed by atoms with Crippen molar-refractivity contribution in [3.05, 3.63) is 35.5 Å². The molecule has 0 saturated heterocycles. The van der Waals surface area contributed by atoms with Crippen molar-refractivity contribution in [3.63, 3.8) is 0 Å². The maximum absolute atomic E-state index is 11.4. The van der Waals surface area contributed by atoms with Gasteiger partial charge in [-0.05, 0) is 5.87 Å². The van der Waals surface area contributed by atoms with E-state index in [2.05, 4.69) is 15.3 Å². The van der Waals surface area contributed by atoms with Crippen molar-refractivity contribution in [2.24, 2.45) is 0 Å². The van der Waals surface area contributed by atoms with Gasteiger partial charge in [-0.3, -0.25) is 5.41 Å². The third kappa shape index (κ3) is 2.76. The second-order valence-corrected chi connectivity index (χ2v) is 2.95. The van der Waals surface area contributed by atoms with E-state index in [1.54, 1.807) is 0 Å². The number of carbonyl (C=O) groups excluding carboxylic acids is 2. The molecule has 17 heavy (non-hydrogen) atoms. The fraction of sp³-hybridized carbons (Fsp3) is 0.182. The number of esters is 2. The normalized spacial score (nSPS) is 9.06. The number of rotatable bonds is 2. The average molecular weight is 235 g/mol. The predicted molar refractivity (Wildman–Crippen MR) is 55.8 cm³/mol. The number of methoxy groups -OCH3 is 2. The van der Waals surface area contributed by atoms with Crippen molar-refractivity contribution in [2.75, 3.05) is 14.2 Å². The van der Waals surface area contributed by atoms with Crippen LogP contribution >= 0.6 is 0 Å². The van der Waals surface area contributed by atoms with Gasteiger partial charge in [-0.15, -0.1) is 0 Å². The van der Waals surface area contributed by atoms with Crippen molar-refractivity contribution >= 4 is 17.8 Å². The van der Waals surface area contributed by atoms with Crippen LogP contribution in [0.15, 0.2) is 24.5 Å². The third-order valence-electron chi connectivity index (χ3n) is 1.99. The van der Waals surface area contributed by atoms with E-state index in [4.69, 9.17) is 5.41 Å². The van der Waals surface area contributed by atoms with Crippen molar-refractivity contribution < 1.29 is 23.3 Å². The zero-order valence-corrected chi connectivity index (χ0v) is 9.39. The molecule has 0 aliphatic heterocycles. The van der Waals surface area contributed by atoms with Crippen LogP contribution in [-0.2, 0) is 19.1 Å². The minimum atomic E-state index is -0.798. The summed E-state index contributed by atoms with van der Waals surface area (Å²) in [5.41, 5.74) is -0.258. The molecule has 0 aliphatic carbocycles. The number of nitrogens with one attached hydrogen (secondary N) is 1. The minimum Gasteiger partial charge on any atom is -0.461 e. The Kier molecular flexibility index (Phi) is 4.14. The molecular formula is C11H11N2O4+. The van der Waals surface area contributed by atoms with Crippen LogP contribution in [0.25, 0.3) is 0 Å². The first-order valence-electron chi connectivity index (χ1n) is 4.62. The molecule has 1 rings (SSSR count). The fourth-order valence-corrected chi connectivity index (χ4v) is 1.15. The van der Waals surface area contributed by atoms with Crippen LogP contribution in [-0.4, -0.2) is 32.0 Å². The number of hydrogen-bond acceptors (Lipinski definition) is 5. The van der Waals surface area contributed by atoms with Gasteiger partial charge < -0.3 is 9.47 Å². The van der Waals surface area contributed by atoms with Gasteiger partial charge in [0.2, 0.25) is 0 Å². The van der Waals surface area contributed by atoms with Crippen LogP contribution in [0.4, 0.5) is 0 Å². The zero-order valence-electron chi connectivity index (χ0n) is 9.39. The molecule has 1 N–H and O–H groups in total. The molecule has 6 nitrogen and oxygen atoms in total. The van der Waals surface area contributed by atoms with Gasteiger partial charge >= 0.3 is 17.7 Å². The summed E-state index contributed by atoms with van der Waals surface area (Å²) >= 11 is 0. The molecule has 0 unspecified atom stereocenters. The lowest BCUT2D eigenvalue weighted by Crippen LogP contribution is -2.34. The molecule has 0 fully saturated rings.